The monoisotopic (exact) mass is 373 g/mol. The zero-order valence-electron chi connectivity index (χ0n) is 14.8. The highest BCUT2D eigenvalue weighted by Gasteiger charge is 2.30. The third-order valence-electron chi connectivity index (χ3n) is 4.64. The van der Waals surface area contributed by atoms with Gasteiger partial charge in [-0.3, -0.25) is 4.79 Å². The summed E-state index contributed by atoms with van der Waals surface area (Å²) in [6.45, 7) is 3.58. The Labute approximate surface area is 154 Å². The number of hydrogen-bond acceptors (Lipinski definition) is 4. The van der Waals surface area contributed by atoms with Crippen LogP contribution in [0.4, 0.5) is 5.69 Å². The highest BCUT2D eigenvalue weighted by molar-refractivity contribution is 7.89. The molecule has 1 heterocycles. The molecule has 2 atom stereocenters. The van der Waals surface area contributed by atoms with E-state index in [1.807, 2.05) is 37.3 Å². The summed E-state index contributed by atoms with van der Waals surface area (Å²) >= 11 is 0. The van der Waals surface area contributed by atoms with Gasteiger partial charge >= 0.3 is 0 Å². The van der Waals surface area contributed by atoms with Gasteiger partial charge in [-0.1, -0.05) is 30.3 Å². The number of carbonyl (C=O) groups excluding carboxylic acids is 1. The van der Waals surface area contributed by atoms with Gasteiger partial charge in [-0.25, -0.2) is 13.1 Å². The second-order valence-corrected chi connectivity index (χ2v) is 8.37. The molecule has 1 amide bonds. The number of nitrogens with one attached hydrogen (secondary N) is 1. The van der Waals surface area contributed by atoms with E-state index in [2.05, 4.69) is 4.72 Å². The molecule has 0 aliphatic carbocycles. The molecule has 0 saturated heterocycles. The van der Waals surface area contributed by atoms with Crippen molar-refractivity contribution in [2.24, 2.45) is 5.73 Å². The summed E-state index contributed by atoms with van der Waals surface area (Å²) < 4.78 is 27.8. The number of nitrogens with two attached hydrogens (primary N) is 1. The minimum absolute atomic E-state index is 0.0277. The molecule has 0 spiro atoms. The number of amides is 1. The third kappa shape index (κ3) is 3.65. The minimum atomic E-state index is -3.67. The van der Waals surface area contributed by atoms with Crippen LogP contribution in [0, 0.1) is 0 Å². The van der Waals surface area contributed by atoms with Crippen LogP contribution in [0.3, 0.4) is 0 Å². The topological polar surface area (TPSA) is 92.5 Å². The Morgan fingerprint density at radius 2 is 1.96 bits per heavy atom. The largest absolute Gasteiger partial charge is 0.323 e. The molecule has 7 heteroatoms. The molecule has 138 valence electrons. The molecular weight excluding hydrogens is 350 g/mol. The van der Waals surface area contributed by atoms with Gasteiger partial charge < -0.3 is 10.6 Å². The minimum Gasteiger partial charge on any atom is -0.323 e. The van der Waals surface area contributed by atoms with Gasteiger partial charge in [0, 0.05) is 31.2 Å². The van der Waals surface area contributed by atoms with Gasteiger partial charge in [-0.2, -0.15) is 0 Å². The van der Waals surface area contributed by atoms with Crippen LogP contribution in [0.25, 0.3) is 0 Å². The second-order valence-electron chi connectivity index (χ2n) is 6.60. The predicted molar refractivity (Wildman–Crippen MR) is 101 cm³/mol. The molecule has 0 radical (unpaired) electrons. The number of nitrogens with zero attached hydrogens (tertiary/aromatic N) is 1. The predicted octanol–water partition coefficient (Wildman–Crippen LogP) is 1.96. The molecule has 1 aliphatic rings. The number of benzene rings is 2. The normalized spacial score (nSPS) is 17.8. The number of fused-ring (bicyclic) bond motifs is 1. The first-order valence-electron chi connectivity index (χ1n) is 8.52. The number of hydrogen-bond donors (Lipinski definition) is 2. The number of rotatable bonds is 5. The maximum atomic E-state index is 12.6. The van der Waals surface area contributed by atoms with E-state index >= 15 is 0 Å². The van der Waals surface area contributed by atoms with Crippen molar-refractivity contribution in [3.8, 4) is 0 Å². The molecule has 2 aromatic rings. The fourth-order valence-corrected chi connectivity index (χ4v) is 4.47. The van der Waals surface area contributed by atoms with Crippen molar-refractivity contribution >= 4 is 21.6 Å². The lowest BCUT2D eigenvalue weighted by atomic mass is 10.1. The van der Waals surface area contributed by atoms with Gasteiger partial charge in [0.05, 0.1) is 4.90 Å². The summed E-state index contributed by atoms with van der Waals surface area (Å²) in [7, 11) is -3.67. The molecule has 0 fully saturated rings. The summed E-state index contributed by atoms with van der Waals surface area (Å²) in [5.41, 5.74) is 8.59. The van der Waals surface area contributed by atoms with Gasteiger partial charge in [0.2, 0.25) is 15.9 Å². The molecule has 2 unspecified atom stereocenters. The molecule has 6 nitrogen and oxygen atoms in total. The van der Waals surface area contributed by atoms with E-state index in [0.29, 0.717) is 6.42 Å². The van der Waals surface area contributed by atoms with Gasteiger partial charge in [-0.05, 0) is 42.7 Å². The van der Waals surface area contributed by atoms with Crippen molar-refractivity contribution in [1.29, 1.82) is 0 Å². The van der Waals surface area contributed by atoms with Gasteiger partial charge in [0.1, 0.15) is 0 Å². The molecule has 2 aromatic carbocycles. The van der Waals surface area contributed by atoms with E-state index in [4.69, 9.17) is 5.73 Å². The van der Waals surface area contributed by atoms with Crippen LogP contribution in [-0.2, 0) is 21.2 Å². The highest BCUT2D eigenvalue weighted by Crippen LogP contribution is 2.33. The summed E-state index contributed by atoms with van der Waals surface area (Å²) in [5, 5.41) is 0. The maximum absolute atomic E-state index is 12.6. The first-order valence-corrected chi connectivity index (χ1v) is 10.0. The molecule has 0 bridgehead atoms. The zero-order valence-corrected chi connectivity index (χ0v) is 15.7. The number of anilines is 1. The van der Waals surface area contributed by atoms with Crippen LogP contribution in [0.15, 0.2) is 53.4 Å². The maximum Gasteiger partial charge on any atom is 0.240 e. The lowest BCUT2D eigenvalue weighted by molar-refractivity contribution is -0.116. The quantitative estimate of drug-likeness (QED) is 0.838. The average molecular weight is 373 g/mol. The van der Waals surface area contributed by atoms with Crippen molar-refractivity contribution in [3.05, 3.63) is 59.7 Å². The Morgan fingerprint density at radius 1 is 1.27 bits per heavy atom. The van der Waals surface area contributed by atoms with Crippen LogP contribution >= 0.6 is 0 Å². The van der Waals surface area contributed by atoms with Crippen molar-refractivity contribution in [2.75, 3.05) is 11.4 Å². The standard InChI is InChI=1S/C19H23N3O3S/c1-13-10-16-11-17(8-9-19(16)22(13)14(2)23)26(24,25)21-12-18(20)15-6-4-3-5-7-15/h3-9,11,13,18,21H,10,12,20H2,1-2H3. The van der Waals surface area contributed by atoms with Crippen molar-refractivity contribution < 1.29 is 13.2 Å². The molecule has 1 aliphatic heterocycles. The molecule has 3 N–H and O–H groups in total. The molecular formula is C19H23N3O3S. The van der Waals surface area contributed by atoms with Gasteiger partial charge in [0.15, 0.2) is 0 Å². The molecule has 3 rings (SSSR count). The van der Waals surface area contributed by atoms with Crippen molar-refractivity contribution in [1.82, 2.24) is 4.72 Å². The van der Waals surface area contributed by atoms with Crippen LogP contribution in [0.1, 0.15) is 31.0 Å². The Morgan fingerprint density at radius 3 is 2.62 bits per heavy atom. The van der Waals surface area contributed by atoms with E-state index in [1.54, 1.807) is 17.0 Å². The Kier molecular flexibility index (Phi) is 5.13. The summed E-state index contributed by atoms with van der Waals surface area (Å²) in [6.07, 6.45) is 0.641. The van der Waals surface area contributed by atoms with Crippen molar-refractivity contribution in [3.63, 3.8) is 0 Å². The van der Waals surface area contributed by atoms with Crippen LogP contribution in [0.2, 0.25) is 0 Å². The first kappa shape index (κ1) is 18.6. The van der Waals surface area contributed by atoms with E-state index in [0.717, 1.165) is 16.8 Å². The summed E-state index contributed by atoms with van der Waals surface area (Å²) in [4.78, 5) is 13.7. The fraction of sp³-hybridized carbons (Fsp3) is 0.316. The van der Waals surface area contributed by atoms with Crippen molar-refractivity contribution in [2.45, 2.75) is 37.2 Å². The molecule has 26 heavy (non-hydrogen) atoms. The highest BCUT2D eigenvalue weighted by atomic mass is 32.2. The zero-order chi connectivity index (χ0) is 18.9. The third-order valence-corrected chi connectivity index (χ3v) is 6.06. The number of sulfonamides is 1. The fourth-order valence-electron chi connectivity index (χ4n) is 3.36. The van der Waals surface area contributed by atoms with E-state index in [-0.39, 0.29) is 23.4 Å². The summed E-state index contributed by atoms with van der Waals surface area (Å²) in [5.74, 6) is -0.0428. The Balaban J connectivity index is 1.77. The van der Waals surface area contributed by atoms with E-state index in [1.165, 1.54) is 13.0 Å². The Hall–Kier alpha value is -2.22. The van der Waals surface area contributed by atoms with Crippen LogP contribution < -0.4 is 15.4 Å². The smallest absolute Gasteiger partial charge is 0.240 e. The van der Waals surface area contributed by atoms with Crippen LogP contribution in [0.5, 0.6) is 0 Å². The first-order chi connectivity index (χ1) is 12.3. The summed E-state index contributed by atoms with van der Waals surface area (Å²) in [6, 6.07) is 13.8. The lowest BCUT2D eigenvalue weighted by Gasteiger charge is -2.20. The average Bonchev–Trinajstić information content (AvgIpc) is 2.95. The molecule has 0 saturated carbocycles. The SMILES string of the molecule is CC(=O)N1c2ccc(S(=O)(=O)NCC(N)c3ccccc3)cc2CC1C. The molecule has 0 aromatic heterocycles. The van der Waals surface area contributed by atoms with Gasteiger partial charge in [-0.15, -0.1) is 0 Å². The lowest BCUT2D eigenvalue weighted by Crippen LogP contribution is -2.33. The van der Waals surface area contributed by atoms with Gasteiger partial charge in [0.25, 0.3) is 0 Å². The van der Waals surface area contributed by atoms with E-state index in [9.17, 15) is 13.2 Å². The Bertz CT molecular complexity index is 913. The number of carbonyl (C=O) groups is 1. The van der Waals surface area contributed by atoms with E-state index < -0.39 is 16.1 Å². The second kappa shape index (κ2) is 7.19. The van der Waals surface area contributed by atoms with Crippen LogP contribution in [-0.4, -0.2) is 26.9 Å².